The number of esters is 1. The molecule has 1 aromatic rings. The van der Waals surface area contributed by atoms with Crippen molar-refractivity contribution in [3.05, 3.63) is 35.9 Å². The van der Waals surface area contributed by atoms with Crippen LogP contribution < -0.4 is 0 Å². The summed E-state index contributed by atoms with van der Waals surface area (Å²) in [6, 6.07) is 9.12. The van der Waals surface area contributed by atoms with Gasteiger partial charge >= 0.3 is 5.97 Å². The van der Waals surface area contributed by atoms with E-state index in [0.717, 1.165) is 5.56 Å². The molecule has 0 aliphatic carbocycles. The number of cyclic esters (lactones) is 1. The van der Waals surface area contributed by atoms with Gasteiger partial charge in [-0.1, -0.05) is 58.0 Å². The molecular formula is C41H67NO12. The lowest BCUT2D eigenvalue weighted by molar-refractivity contribution is -0.316. The molecule has 0 amide bonds. The maximum atomic E-state index is 14.4. The third-order valence-electron chi connectivity index (χ3n) is 12.2. The minimum atomic E-state index is -1.77. The summed E-state index contributed by atoms with van der Waals surface area (Å²) in [5, 5.41) is 57.4. The zero-order valence-electron chi connectivity index (χ0n) is 34.0. The van der Waals surface area contributed by atoms with Crippen molar-refractivity contribution in [1.82, 2.24) is 4.90 Å². The highest BCUT2D eigenvalue weighted by atomic mass is 16.7. The molecule has 54 heavy (non-hydrogen) atoms. The number of nitrogens with zero attached hydrogens (tertiary/aromatic N) is 1. The van der Waals surface area contributed by atoms with Crippen LogP contribution in [0.3, 0.4) is 0 Å². The van der Waals surface area contributed by atoms with E-state index in [1.807, 2.05) is 56.3 Å². The lowest BCUT2D eigenvalue weighted by Gasteiger charge is -2.48. The summed E-state index contributed by atoms with van der Waals surface area (Å²) in [4.78, 5) is 30.3. The molecule has 13 heteroatoms. The standard InChI is InChI=1S/C41H67NO12/c1-21-19-41(9,49)37(54-39-34(45)29(42(10)11)17-22(2)50-39)25(5)35(53-31-20-40(8,48)36(46)27(7)51-31)26(6)38(47)52-30(18-28-15-13-12-14-16-28)23(3)33(44)24(4)32(21)43/h12-16,21-27,29-31,33-37,39,44-46,48-49H,17-20H2,1-11H3/t21-,22-,23+,24+,25+,26-,27+,29+,30-,31+,33+,34-,35+,36+,37-,39+,40-,41-/m1/s1. The van der Waals surface area contributed by atoms with Crippen LogP contribution in [-0.4, -0.2) is 135 Å². The summed E-state index contributed by atoms with van der Waals surface area (Å²) in [6.07, 6.45) is -9.37. The first-order valence-electron chi connectivity index (χ1n) is 19.6. The zero-order valence-corrected chi connectivity index (χ0v) is 34.0. The molecule has 0 radical (unpaired) electrons. The summed E-state index contributed by atoms with van der Waals surface area (Å²) < 4.78 is 31.7. The number of carbonyl (C=O) groups is 2. The van der Waals surface area contributed by atoms with E-state index < -0.39 is 102 Å². The zero-order chi connectivity index (χ0) is 40.4. The van der Waals surface area contributed by atoms with Gasteiger partial charge in [-0.15, -0.1) is 0 Å². The first kappa shape index (κ1) is 44.7. The fourth-order valence-electron chi connectivity index (χ4n) is 8.79. The van der Waals surface area contributed by atoms with Crippen molar-refractivity contribution in [2.24, 2.45) is 29.6 Å². The second-order valence-electron chi connectivity index (χ2n) is 17.3. The highest BCUT2D eigenvalue weighted by Crippen LogP contribution is 2.40. The van der Waals surface area contributed by atoms with Crippen LogP contribution in [0.15, 0.2) is 30.3 Å². The Morgan fingerprint density at radius 2 is 1.44 bits per heavy atom. The van der Waals surface area contributed by atoms with Gasteiger partial charge in [0.1, 0.15) is 24.1 Å². The van der Waals surface area contributed by atoms with Crippen molar-refractivity contribution in [2.45, 2.75) is 167 Å². The lowest BCUT2D eigenvalue weighted by atomic mass is 9.74. The predicted molar refractivity (Wildman–Crippen MR) is 200 cm³/mol. The number of Topliss-reactive ketones (excluding diaryl/α,β-unsaturated/α-hetero) is 1. The maximum absolute atomic E-state index is 14.4. The van der Waals surface area contributed by atoms with Crippen molar-refractivity contribution in [2.75, 3.05) is 14.1 Å². The average Bonchev–Trinajstić information content (AvgIpc) is 3.10. The van der Waals surface area contributed by atoms with Gasteiger partial charge in [-0.2, -0.15) is 0 Å². The van der Waals surface area contributed by atoms with E-state index in [1.54, 1.807) is 48.5 Å². The number of aliphatic hydroxyl groups is 5. The van der Waals surface area contributed by atoms with Gasteiger partial charge < -0.3 is 54.1 Å². The Balaban J connectivity index is 1.82. The highest BCUT2D eigenvalue weighted by molar-refractivity contribution is 5.83. The largest absolute Gasteiger partial charge is 0.461 e. The van der Waals surface area contributed by atoms with E-state index >= 15 is 0 Å². The Morgan fingerprint density at radius 1 is 0.815 bits per heavy atom. The molecule has 3 aliphatic rings. The Labute approximate surface area is 321 Å². The quantitative estimate of drug-likeness (QED) is 0.256. The first-order chi connectivity index (χ1) is 25.0. The van der Waals surface area contributed by atoms with Crippen LogP contribution in [0.4, 0.5) is 0 Å². The molecule has 3 fully saturated rings. The smallest absolute Gasteiger partial charge is 0.311 e. The molecular weight excluding hydrogens is 698 g/mol. The number of carbonyl (C=O) groups excluding carboxylic acids is 2. The number of aliphatic hydroxyl groups excluding tert-OH is 3. The fraction of sp³-hybridized carbons (Fsp3) is 0.805. The van der Waals surface area contributed by atoms with Gasteiger partial charge in [-0.25, -0.2) is 0 Å². The molecule has 5 N–H and O–H groups in total. The second kappa shape index (κ2) is 18.0. The topological polar surface area (TPSA) is 185 Å². The monoisotopic (exact) mass is 765 g/mol. The molecule has 1 aromatic carbocycles. The summed E-state index contributed by atoms with van der Waals surface area (Å²) in [5.74, 6) is -5.04. The lowest BCUT2D eigenvalue weighted by Crippen LogP contribution is -2.60. The minimum Gasteiger partial charge on any atom is -0.461 e. The van der Waals surface area contributed by atoms with Gasteiger partial charge in [0.05, 0.1) is 47.6 Å². The Hall–Kier alpha value is -2.04. The summed E-state index contributed by atoms with van der Waals surface area (Å²) in [5.41, 5.74) is -2.47. The maximum Gasteiger partial charge on any atom is 0.311 e. The van der Waals surface area contributed by atoms with Crippen LogP contribution in [0.25, 0.3) is 0 Å². The number of hydrogen-bond acceptors (Lipinski definition) is 13. The van der Waals surface area contributed by atoms with Crippen LogP contribution in [-0.2, 0) is 39.7 Å². The molecule has 308 valence electrons. The second-order valence-corrected chi connectivity index (χ2v) is 17.3. The third-order valence-corrected chi connectivity index (χ3v) is 12.2. The van der Waals surface area contributed by atoms with Crippen molar-refractivity contribution >= 4 is 11.8 Å². The summed E-state index contributed by atoms with van der Waals surface area (Å²) in [7, 11) is 3.71. The van der Waals surface area contributed by atoms with Gasteiger partial charge in [0, 0.05) is 42.6 Å². The molecule has 0 aromatic heterocycles. The van der Waals surface area contributed by atoms with Crippen LogP contribution in [0.5, 0.6) is 0 Å². The molecule has 4 rings (SSSR count). The van der Waals surface area contributed by atoms with E-state index in [9.17, 15) is 35.1 Å². The number of hydrogen-bond donors (Lipinski definition) is 5. The van der Waals surface area contributed by atoms with Crippen molar-refractivity contribution in [3.63, 3.8) is 0 Å². The molecule has 13 nitrogen and oxygen atoms in total. The predicted octanol–water partition coefficient (Wildman–Crippen LogP) is 2.85. The van der Waals surface area contributed by atoms with Crippen LogP contribution in [0.2, 0.25) is 0 Å². The van der Waals surface area contributed by atoms with Crippen molar-refractivity contribution in [3.8, 4) is 0 Å². The average molecular weight is 766 g/mol. The molecule has 3 heterocycles. The van der Waals surface area contributed by atoms with Gasteiger partial charge in [-0.05, 0) is 67.1 Å². The molecule has 18 atom stereocenters. The number of ketones is 1. The minimum absolute atomic E-state index is 0.0847. The van der Waals surface area contributed by atoms with Crippen LogP contribution in [0, 0.1) is 29.6 Å². The summed E-state index contributed by atoms with van der Waals surface area (Å²) >= 11 is 0. The molecule has 0 unspecified atom stereocenters. The van der Waals surface area contributed by atoms with E-state index in [1.165, 1.54) is 6.92 Å². The fourth-order valence-corrected chi connectivity index (χ4v) is 8.79. The van der Waals surface area contributed by atoms with Gasteiger partial charge in [0.25, 0.3) is 0 Å². The number of benzene rings is 1. The van der Waals surface area contributed by atoms with Crippen LogP contribution in [0.1, 0.15) is 87.1 Å². The first-order valence-corrected chi connectivity index (χ1v) is 19.6. The third kappa shape index (κ3) is 10.3. The van der Waals surface area contributed by atoms with Gasteiger partial charge in [-0.3, -0.25) is 9.59 Å². The Bertz CT molecular complexity index is 1370. The molecule has 0 saturated carbocycles. The van der Waals surface area contributed by atoms with Gasteiger partial charge in [0.15, 0.2) is 12.6 Å². The van der Waals surface area contributed by atoms with Crippen molar-refractivity contribution < 1.29 is 58.8 Å². The highest BCUT2D eigenvalue weighted by Gasteiger charge is 2.52. The Morgan fingerprint density at radius 3 is 2.04 bits per heavy atom. The number of likely N-dealkylation sites (N-methyl/N-ethyl adjacent to an activating group) is 1. The summed E-state index contributed by atoms with van der Waals surface area (Å²) in [6.45, 7) is 15.0. The molecule has 0 bridgehead atoms. The normalized spacial score (nSPS) is 46.2. The van der Waals surface area contributed by atoms with Crippen molar-refractivity contribution in [1.29, 1.82) is 0 Å². The molecule has 0 spiro atoms. The van der Waals surface area contributed by atoms with Crippen LogP contribution >= 0.6 is 0 Å². The molecule has 3 aliphatic heterocycles. The molecule has 3 saturated heterocycles. The Kier molecular flexibility index (Phi) is 14.9. The van der Waals surface area contributed by atoms with E-state index in [-0.39, 0.29) is 37.2 Å². The van der Waals surface area contributed by atoms with E-state index in [0.29, 0.717) is 6.42 Å². The van der Waals surface area contributed by atoms with E-state index in [2.05, 4.69) is 0 Å². The number of rotatable bonds is 7. The van der Waals surface area contributed by atoms with E-state index in [4.69, 9.17) is 23.7 Å². The number of ether oxygens (including phenoxy) is 5. The SMILES string of the molecule is C[C@@H]1[C@H](O)[C@@H](C)C(=O)[C@H](C)C[C@@](C)(O)[C@H](O[C@@H]2O[C@H](C)C[C@H](N(C)C)[C@H]2O)[C@@H](C)[C@H](O[C@H]2C[C@@](C)(O)[C@@H](O)[C@H](C)O2)[C@@H](C)C(=O)O[C@@H]1Cc1ccccc1. The van der Waals surface area contributed by atoms with Gasteiger partial charge in [0.2, 0.25) is 0 Å².